The number of carbonyl (C=O) groups excluding carboxylic acids is 1. The molecule has 0 aromatic heterocycles. The fourth-order valence-corrected chi connectivity index (χ4v) is 2.75. The molecule has 0 unspecified atom stereocenters. The molecule has 6 heteroatoms. The predicted octanol–water partition coefficient (Wildman–Crippen LogP) is 3.26. The molecule has 114 valence electrons. The molecule has 0 fully saturated rings. The summed E-state index contributed by atoms with van der Waals surface area (Å²) < 4.78 is 13.4. The Morgan fingerprint density at radius 1 is 1.27 bits per heavy atom. The molecule has 2 atom stereocenters. The fourth-order valence-electron chi connectivity index (χ4n) is 2.63. The lowest BCUT2D eigenvalue weighted by molar-refractivity contribution is 0.144. The number of carbonyl (C=O) groups is 1. The van der Waals surface area contributed by atoms with Crippen LogP contribution < -0.4 is 10.6 Å². The molecule has 1 aliphatic rings. The van der Waals surface area contributed by atoms with Crippen LogP contribution in [-0.2, 0) is 6.42 Å². The van der Waals surface area contributed by atoms with Gasteiger partial charge in [0.25, 0.3) is 0 Å². The van der Waals surface area contributed by atoms with E-state index in [1.165, 1.54) is 12.1 Å². The number of aliphatic hydroxyl groups is 1. The summed E-state index contributed by atoms with van der Waals surface area (Å²) in [5, 5.41) is 15.3. The van der Waals surface area contributed by atoms with Crippen molar-refractivity contribution in [3.05, 3.63) is 64.4 Å². The zero-order chi connectivity index (χ0) is 15.7. The highest BCUT2D eigenvalue weighted by atomic mass is 35.5. The number of anilines is 1. The van der Waals surface area contributed by atoms with Gasteiger partial charge in [-0.15, -0.1) is 0 Å². The van der Waals surface area contributed by atoms with Gasteiger partial charge in [0, 0.05) is 12.1 Å². The molecular formula is C16H14ClFN2O2. The molecule has 0 aliphatic heterocycles. The second-order valence-corrected chi connectivity index (χ2v) is 5.58. The minimum Gasteiger partial charge on any atom is -0.390 e. The average molecular weight is 321 g/mol. The summed E-state index contributed by atoms with van der Waals surface area (Å²) in [7, 11) is 0. The Morgan fingerprint density at radius 3 is 2.82 bits per heavy atom. The second-order valence-electron chi connectivity index (χ2n) is 5.18. The summed E-state index contributed by atoms with van der Waals surface area (Å²) in [6.07, 6.45) is -0.179. The molecule has 22 heavy (non-hydrogen) atoms. The summed E-state index contributed by atoms with van der Waals surface area (Å²) in [6.45, 7) is 0. The summed E-state index contributed by atoms with van der Waals surface area (Å²) in [4.78, 5) is 12.0. The Labute approximate surface area is 131 Å². The van der Waals surface area contributed by atoms with E-state index in [1.807, 2.05) is 24.3 Å². The van der Waals surface area contributed by atoms with Crippen LogP contribution in [-0.4, -0.2) is 17.2 Å². The highest BCUT2D eigenvalue weighted by Gasteiger charge is 2.31. The van der Waals surface area contributed by atoms with Crippen LogP contribution in [0.25, 0.3) is 0 Å². The van der Waals surface area contributed by atoms with Crippen LogP contribution in [0, 0.1) is 5.82 Å². The number of benzene rings is 2. The first-order valence-electron chi connectivity index (χ1n) is 6.83. The maximum absolute atomic E-state index is 13.4. The van der Waals surface area contributed by atoms with Crippen LogP contribution in [0.5, 0.6) is 0 Å². The van der Waals surface area contributed by atoms with E-state index >= 15 is 0 Å². The Kier molecular flexibility index (Phi) is 4.00. The predicted molar refractivity (Wildman–Crippen MR) is 82.5 cm³/mol. The number of rotatable bonds is 2. The molecule has 0 spiro atoms. The van der Waals surface area contributed by atoms with E-state index in [9.17, 15) is 14.3 Å². The third-order valence-electron chi connectivity index (χ3n) is 3.67. The van der Waals surface area contributed by atoms with E-state index in [4.69, 9.17) is 11.6 Å². The van der Waals surface area contributed by atoms with Crippen LogP contribution in [0.2, 0.25) is 5.02 Å². The van der Waals surface area contributed by atoms with Crippen molar-refractivity contribution in [2.24, 2.45) is 0 Å². The van der Waals surface area contributed by atoms with E-state index < -0.39 is 24.0 Å². The van der Waals surface area contributed by atoms with Gasteiger partial charge in [0.1, 0.15) is 5.82 Å². The first-order valence-corrected chi connectivity index (χ1v) is 7.21. The fraction of sp³-hybridized carbons (Fsp3) is 0.188. The van der Waals surface area contributed by atoms with Crippen LogP contribution in [0.3, 0.4) is 0 Å². The quantitative estimate of drug-likeness (QED) is 0.795. The monoisotopic (exact) mass is 320 g/mol. The van der Waals surface area contributed by atoms with Crippen molar-refractivity contribution in [2.75, 3.05) is 5.32 Å². The van der Waals surface area contributed by atoms with Gasteiger partial charge in [-0.05, 0) is 29.3 Å². The van der Waals surface area contributed by atoms with E-state index in [2.05, 4.69) is 10.6 Å². The minimum absolute atomic E-state index is 0.00824. The SMILES string of the molecule is O=C(Nc1ccc(Cl)c(F)c1)N[C@@H]1c2ccccc2C[C@@H]1O. The van der Waals surface area contributed by atoms with Crippen molar-refractivity contribution in [3.8, 4) is 0 Å². The number of nitrogens with one attached hydrogen (secondary N) is 2. The Balaban J connectivity index is 1.70. The molecule has 2 aromatic carbocycles. The van der Waals surface area contributed by atoms with Crippen molar-refractivity contribution >= 4 is 23.3 Å². The van der Waals surface area contributed by atoms with Crippen molar-refractivity contribution in [3.63, 3.8) is 0 Å². The number of urea groups is 1. The third-order valence-corrected chi connectivity index (χ3v) is 3.97. The van der Waals surface area contributed by atoms with Gasteiger partial charge in [-0.3, -0.25) is 0 Å². The summed E-state index contributed by atoms with van der Waals surface area (Å²) in [5.41, 5.74) is 2.20. The smallest absolute Gasteiger partial charge is 0.319 e. The van der Waals surface area contributed by atoms with Crippen LogP contribution in [0.4, 0.5) is 14.9 Å². The minimum atomic E-state index is -0.676. The van der Waals surface area contributed by atoms with Gasteiger partial charge in [0.2, 0.25) is 0 Å². The molecule has 0 saturated heterocycles. The number of hydrogen-bond donors (Lipinski definition) is 3. The molecule has 4 nitrogen and oxygen atoms in total. The van der Waals surface area contributed by atoms with E-state index in [0.717, 1.165) is 17.2 Å². The molecule has 0 saturated carbocycles. The van der Waals surface area contributed by atoms with Crippen LogP contribution in [0.15, 0.2) is 42.5 Å². The second kappa shape index (κ2) is 5.94. The average Bonchev–Trinajstić information content (AvgIpc) is 2.79. The normalized spacial score (nSPS) is 19.6. The molecule has 2 aromatic rings. The first-order chi connectivity index (χ1) is 10.5. The Hall–Kier alpha value is -2.11. The van der Waals surface area contributed by atoms with Crippen LogP contribution >= 0.6 is 11.6 Å². The van der Waals surface area contributed by atoms with E-state index in [0.29, 0.717) is 12.1 Å². The number of aliphatic hydroxyl groups excluding tert-OH is 1. The molecule has 3 N–H and O–H groups in total. The molecule has 2 amide bonds. The number of amides is 2. The lowest BCUT2D eigenvalue weighted by Gasteiger charge is -2.18. The van der Waals surface area contributed by atoms with Gasteiger partial charge in [-0.25, -0.2) is 9.18 Å². The largest absolute Gasteiger partial charge is 0.390 e. The molecule has 1 aliphatic carbocycles. The lowest BCUT2D eigenvalue weighted by Crippen LogP contribution is -2.36. The zero-order valence-electron chi connectivity index (χ0n) is 11.5. The third kappa shape index (κ3) is 2.91. The van der Waals surface area contributed by atoms with Gasteiger partial charge in [-0.2, -0.15) is 0 Å². The van der Waals surface area contributed by atoms with E-state index in [-0.39, 0.29) is 5.02 Å². The summed E-state index contributed by atoms with van der Waals surface area (Å²) >= 11 is 5.59. The van der Waals surface area contributed by atoms with Gasteiger partial charge in [-0.1, -0.05) is 35.9 Å². The Bertz CT molecular complexity index is 723. The lowest BCUT2D eigenvalue weighted by atomic mass is 10.1. The number of hydrogen-bond acceptors (Lipinski definition) is 2. The summed E-state index contributed by atoms with van der Waals surface area (Å²) in [5.74, 6) is -0.606. The van der Waals surface area contributed by atoms with Crippen LogP contribution in [0.1, 0.15) is 17.2 Å². The van der Waals surface area contributed by atoms with E-state index in [1.54, 1.807) is 0 Å². The van der Waals surface area contributed by atoms with Gasteiger partial charge >= 0.3 is 6.03 Å². The number of halogens is 2. The molecule has 0 radical (unpaired) electrons. The highest BCUT2D eigenvalue weighted by molar-refractivity contribution is 6.30. The van der Waals surface area contributed by atoms with Gasteiger partial charge in [0.15, 0.2) is 0 Å². The Morgan fingerprint density at radius 2 is 2.05 bits per heavy atom. The zero-order valence-corrected chi connectivity index (χ0v) is 12.3. The first kappa shape index (κ1) is 14.8. The van der Waals surface area contributed by atoms with Gasteiger partial charge in [0.05, 0.1) is 17.2 Å². The van der Waals surface area contributed by atoms with Crippen molar-refractivity contribution in [2.45, 2.75) is 18.6 Å². The maximum Gasteiger partial charge on any atom is 0.319 e. The van der Waals surface area contributed by atoms with Gasteiger partial charge < -0.3 is 15.7 Å². The molecule has 0 heterocycles. The highest BCUT2D eigenvalue weighted by Crippen LogP contribution is 2.31. The standard InChI is InChI=1S/C16H14ClFN2O2/c17-12-6-5-10(8-13(12)18)19-16(22)20-15-11-4-2-1-3-9(11)7-14(15)21/h1-6,8,14-15,21H,7H2,(H2,19,20,22)/t14-,15+/m0/s1. The maximum atomic E-state index is 13.4. The van der Waals surface area contributed by atoms with Crippen molar-refractivity contribution in [1.29, 1.82) is 0 Å². The topological polar surface area (TPSA) is 61.4 Å². The molecule has 0 bridgehead atoms. The van der Waals surface area contributed by atoms with Crippen molar-refractivity contribution < 1.29 is 14.3 Å². The molecule has 3 rings (SSSR count). The van der Waals surface area contributed by atoms with Crippen molar-refractivity contribution in [1.82, 2.24) is 5.32 Å². The summed E-state index contributed by atoms with van der Waals surface area (Å²) in [6, 6.07) is 10.6. The number of fused-ring (bicyclic) bond motifs is 1. The molecular weight excluding hydrogens is 307 g/mol.